The number of thiol groups is 1. The minimum Gasteiger partial charge on any atom is -0.465 e. The van der Waals surface area contributed by atoms with E-state index >= 15 is 0 Å². The third-order valence-electron chi connectivity index (χ3n) is 2.77. The highest BCUT2D eigenvalue weighted by Gasteiger charge is 2.34. The van der Waals surface area contributed by atoms with Crippen molar-refractivity contribution in [3.05, 3.63) is 34.4 Å². The van der Waals surface area contributed by atoms with Crippen molar-refractivity contribution in [3.63, 3.8) is 0 Å². The fourth-order valence-electron chi connectivity index (χ4n) is 1.79. The maximum atomic E-state index is 11.6. The average Bonchev–Trinajstić information content (AvgIpc) is 2.93. The van der Waals surface area contributed by atoms with Crippen LogP contribution in [0.15, 0.2) is 16.9 Å². The molecule has 1 aliphatic heterocycles. The lowest BCUT2D eigenvalue weighted by atomic mass is 10.3. The van der Waals surface area contributed by atoms with Gasteiger partial charge in [0.05, 0.1) is 12.4 Å². The van der Waals surface area contributed by atoms with Crippen LogP contribution in [0.2, 0.25) is 0 Å². The van der Waals surface area contributed by atoms with Crippen LogP contribution in [0.5, 0.6) is 0 Å². The summed E-state index contributed by atoms with van der Waals surface area (Å²) in [6.45, 7) is 2.08. The first-order valence-corrected chi connectivity index (χ1v) is 10.7. The molecule has 0 aliphatic carbocycles. The van der Waals surface area contributed by atoms with Crippen LogP contribution in [-0.2, 0) is 17.1 Å². The summed E-state index contributed by atoms with van der Waals surface area (Å²) < 4.78 is 1.11. The predicted octanol–water partition coefficient (Wildman–Crippen LogP) is 4.96. The standard InChI is InChI=1S/C13H11Cl6N3O2S/c1-2-24-8(23)6-25-4-3-7(5-25)9-20-10(12(14,15)16)22-11(21-9)13(17,18)19/h3-5,25H,2,6H2,1H3. The maximum Gasteiger partial charge on any atom is 0.314 e. The Morgan fingerprint density at radius 2 is 1.64 bits per heavy atom. The highest BCUT2D eigenvalue weighted by atomic mass is 35.6. The number of carbonyl (C=O) groups excluding carboxylic acids is 1. The Morgan fingerprint density at radius 3 is 2.12 bits per heavy atom. The topological polar surface area (TPSA) is 65.0 Å². The van der Waals surface area contributed by atoms with Gasteiger partial charge in [-0.1, -0.05) is 69.6 Å². The van der Waals surface area contributed by atoms with Gasteiger partial charge in [-0.3, -0.25) is 4.79 Å². The molecule has 1 unspecified atom stereocenters. The van der Waals surface area contributed by atoms with E-state index in [-0.39, 0.29) is 29.2 Å². The van der Waals surface area contributed by atoms with E-state index < -0.39 is 18.5 Å². The third-order valence-corrected chi connectivity index (χ3v) is 5.55. The van der Waals surface area contributed by atoms with Gasteiger partial charge in [-0.2, -0.15) is 0 Å². The molecule has 0 amide bonds. The van der Waals surface area contributed by atoms with Gasteiger partial charge in [-0.25, -0.2) is 25.8 Å². The molecule has 25 heavy (non-hydrogen) atoms. The first-order valence-electron chi connectivity index (χ1n) is 6.73. The summed E-state index contributed by atoms with van der Waals surface area (Å²) in [7, 11) is -0.850. The number of halogens is 6. The molecular formula is C13H11Cl6N3O2S. The summed E-state index contributed by atoms with van der Waals surface area (Å²) in [5.41, 5.74) is 0.615. The Balaban J connectivity index is 2.36. The van der Waals surface area contributed by atoms with Crippen molar-refractivity contribution in [2.75, 3.05) is 12.4 Å². The molecule has 0 radical (unpaired) electrons. The van der Waals surface area contributed by atoms with E-state index in [2.05, 4.69) is 15.0 Å². The monoisotopic (exact) mass is 483 g/mol. The zero-order valence-corrected chi connectivity index (χ0v) is 17.9. The fraction of sp³-hybridized carbons (Fsp3) is 0.385. The number of alkyl halides is 6. The second-order valence-electron chi connectivity index (χ2n) is 4.68. The van der Waals surface area contributed by atoms with Crippen molar-refractivity contribution in [1.29, 1.82) is 0 Å². The second-order valence-corrected chi connectivity index (χ2v) is 11.1. The molecule has 0 fully saturated rings. The Hall–Kier alpha value is 0.0500. The number of aromatic nitrogens is 3. The fourth-order valence-corrected chi connectivity index (χ4v) is 3.88. The summed E-state index contributed by atoms with van der Waals surface area (Å²) in [5, 5.41) is 3.71. The first kappa shape index (κ1) is 21.4. The van der Waals surface area contributed by atoms with Crippen molar-refractivity contribution < 1.29 is 9.53 Å². The molecule has 2 heterocycles. The van der Waals surface area contributed by atoms with Crippen molar-refractivity contribution in [2.45, 2.75) is 14.5 Å². The van der Waals surface area contributed by atoms with Gasteiger partial charge in [-0.15, -0.1) is 0 Å². The minimum absolute atomic E-state index is 0.167. The van der Waals surface area contributed by atoms with Gasteiger partial charge in [0.2, 0.25) is 7.59 Å². The lowest BCUT2D eigenvalue weighted by Crippen LogP contribution is -2.17. The zero-order valence-electron chi connectivity index (χ0n) is 12.5. The van der Waals surface area contributed by atoms with Crippen LogP contribution < -0.4 is 0 Å². The molecule has 1 aromatic heterocycles. The molecule has 12 heteroatoms. The largest absolute Gasteiger partial charge is 0.465 e. The molecule has 0 aromatic carbocycles. The molecule has 0 bridgehead atoms. The molecule has 0 saturated carbocycles. The van der Waals surface area contributed by atoms with Crippen molar-refractivity contribution in [1.82, 2.24) is 15.0 Å². The lowest BCUT2D eigenvalue weighted by molar-refractivity contribution is -0.139. The van der Waals surface area contributed by atoms with E-state index in [1.165, 1.54) is 0 Å². The van der Waals surface area contributed by atoms with Gasteiger partial charge in [0.1, 0.15) is 0 Å². The number of esters is 1. The molecule has 0 N–H and O–H groups in total. The number of hydrogen-bond donors (Lipinski definition) is 1. The summed E-state index contributed by atoms with van der Waals surface area (Å²) in [6, 6.07) is 0. The normalized spacial score (nSPS) is 19.0. The van der Waals surface area contributed by atoms with Crippen LogP contribution in [0, 0.1) is 0 Å². The summed E-state index contributed by atoms with van der Waals surface area (Å²) >= 11 is 35.1. The summed E-state index contributed by atoms with van der Waals surface area (Å²) in [6.07, 6.45) is 1.75. The maximum absolute atomic E-state index is 11.6. The van der Waals surface area contributed by atoms with Crippen LogP contribution in [0.3, 0.4) is 0 Å². The van der Waals surface area contributed by atoms with Gasteiger partial charge < -0.3 is 4.74 Å². The van der Waals surface area contributed by atoms with E-state index in [4.69, 9.17) is 74.3 Å². The molecule has 2 rings (SSSR count). The number of carbonyl (C=O) groups is 1. The van der Waals surface area contributed by atoms with E-state index in [1.54, 1.807) is 13.0 Å². The van der Waals surface area contributed by atoms with E-state index in [0.29, 0.717) is 12.2 Å². The summed E-state index contributed by atoms with van der Waals surface area (Å²) in [5.74, 6) is -0.180. The number of nitrogens with zero attached hydrogens (tertiary/aromatic N) is 3. The van der Waals surface area contributed by atoms with Gasteiger partial charge >= 0.3 is 5.97 Å². The lowest BCUT2D eigenvalue weighted by Gasteiger charge is -2.15. The smallest absolute Gasteiger partial charge is 0.314 e. The Bertz CT molecular complexity index is 697. The van der Waals surface area contributed by atoms with Gasteiger partial charge in [-0.05, 0) is 23.8 Å². The average molecular weight is 486 g/mol. The quantitative estimate of drug-likeness (QED) is 0.371. The summed E-state index contributed by atoms with van der Waals surface area (Å²) in [4.78, 5) is 23.8. The molecule has 1 atom stereocenters. The molecule has 0 saturated heterocycles. The van der Waals surface area contributed by atoms with E-state index in [9.17, 15) is 4.79 Å². The number of allylic oxidation sites excluding steroid dienone is 2. The second kappa shape index (κ2) is 8.38. The van der Waals surface area contributed by atoms with Crippen molar-refractivity contribution >= 4 is 92.0 Å². The van der Waals surface area contributed by atoms with E-state index in [1.807, 2.05) is 10.8 Å². The Labute approximate surface area is 177 Å². The van der Waals surface area contributed by atoms with Gasteiger partial charge in [0, 0.05) is 5.57 Å². The third kappa shape index (κ3) is 6.03. The van der Waals surface area contributed by atoms with Crippen molar-refractivity contribution in [3.8, 4) is 0 Å². The number of rotatable bonds is 4. The molecule has 1 aromatic rings. The Morgan fingerprint density at radius 1 is 1.08 bits per heavy atom. The Kier molecular flexibility index (Phi) is 7.16. The SMILES string of the molecule is CCOC(=O)C[SH]1C=CC(c2nc(C(Cl)(Cl)Cl)nc(C(Cl)(Cl)Cl)n2)=C1. The number of hydrogen-bond acceptors (Lipinski definition) is 5. The van der Waals surface area contributed by atoms with Crippen LogP contribution in [0.25, 0.3) is 5.57 Å². The van der Waals surface area contributed by atoms with Gasteiger partial charge in [0.15, 0.2) is 17.5 Å². The molecular weight excluding hydrogens is 475 g/mol. The zero-order chi connectivity index (χ0) is 18.8. The molecule has 5 nitrogen and oxygen atoms in total. The molecule has 0 spiro atoms. The van der Waals surface area contributed by atoms with Crippen LogP contribution in [0.4, 0.5) is 0 Å². The van der Waals surface area contributed by atoms with Crippen LogP contribution in [0.1, 0.15) is 24.4 Å². The highest BCUT2D eigenvalue weighted by molar-refractivity contribution is 8.23. The highest BCUT2D eigenvalue weighted by Crippen LogP contribution is 2.42. The molecule has 1 aliphatic rings. The van der Waals surface area contributed by atoms with Crippen molar-refractivity contribution in [2.24, 2.45) is 0 Å². The van der Waals surface area contributed by atoms with Gasteiger partial charge in [0.25, 0.3) is 0 Å². The number of ether oxygens (including phenoxy) is 1. The van der Waals surface area contributed by atoms with Crippen LogP contribution >= 0.6 is 80.5 Å². The molecule has 138 valence electrons. The minimum atomic E-state index is -1.92. The van der Waals surface area contributed by atoms with Crippen LogP contribution in [-0.4, -0.2) is 33.3 Å². The predicted molar refractivity (Wildman–Crippen MR) is 106 cm³/mol. The van der Waals surface area contributed by atoms with E-state index in [0.717, 1.165) is 0 Å². The first-order chi connectivity index (χ1) is 11.5.